The maximum Gasteiger partial charge on any atom is 0.273 e. The Morgan fingerprint density at radius 1 is 1.09 bits per heavy atom. The first-order chi connectivity index (χ1) is 16.8. The molecule has 1 atom stereocenters. The summed E-state index contributed by atoms with van der Waals surface area (Å²) in [5.41, 5.74) is 1.26. The van der Waals surface area contributed by atoms with Crippen LogP contribution in [-0.2, 0) is 22.7 Å². The van der Waals surface area contributed by atoms with E-state index in [1.807, 2.05) is 54.0 Å². The standard InChI is InChI=1S/C27H29ClN4O3/c1-17(33)29-23-20-12-6-8-14-22(20)31-16-27(2,26(35)30-19-10-4-5-11-19)32(25(34)24(23)31)15-18-9-3-7-13-21(18)28/h3,6-9,12-14,19H,4-5,10-11,15-16H2,1-2H3,(H,29,33)(H,30,35)/t27-/m1/s1. The molecule has 2 N–H and O–H groups in total. The Kier molecular flexibility index (Phi) is 6.05. The van der Waals surface area contributed by atoms with Crippen LogP contribution < -0.4 is 10.6 Å². The number of benzene rings is 2. The third kappa shape index (κ3) is 4.08. The first-order valence-corrected chi connectivity index (χ1v) is 12.4. The van der Waals surface area contributed by atoms with Gasteiger partial charge in [-0.25, -0.2) is 0 Å². The van der Waals surface area contributed by atoms with Crippen LogP contribution in [0.15, 0.2) is 48.5 Å². The first kappa shape index (κ1) is 23.4. The van der Waals surface area contributed by atoms with Crippen molar-refractivity contribution >= 4 is 45.9 Å². The normalized spacial score (nSPS) is 20.2. The highest BCUT2D eigenvalue weighted by Crippen LogP contribution is 2.40. The number of rotatable bonds is 5. The minimum Gasteiger partial charge on any atom is -0.351 e. The van der Waals surface area contributed by atoms with Crippen LogP contribution in [0, 0.1) is 0 Å². The van der Waals surface area contributed by atoms with E-state index in [1.54, 1.807) is 11.0 Å². The number of fused-ring (bicyclic) bond motifs is 3. The second-order valence-corrected chi connectivity index (χ2v) is 10.1. The predicted molar refractivity (Wildman–Crippen MR) is 136 cm³/mol. The van der Waals surface area contributed by atoms with Crippen molar-refractivity contribution in [3.63, 3.8) is 0 Å². The van der Waals surface area contributed by atoms with Crippen molar-refractivity contribution in [2.24, 2.45) is 0 Å². The average molecular weight is 493 g/mol. The van der Waals surface area contributed by atoms with Gasteiger partial charge in [0.2, 0.25) is 11.8 Å². The van der Waals surface area contributed by atoms with Crippen LogP contribution in [0.2, 0.25) is 5.02 Å². The minimum absolute atomic E-state index is 0.120. The first-order valence-electron chi connectivity index (χ1n) is 12.0. The van der Waals surface area contributed by atoms with Gasteiger partial charge in [-0.05, 0) is 37.5 Å². The van der Waals surface area contributed by atoms with E-state index in [-0.39, 0.29) is 36.9 Å². The zero-order chi connectivity index (χ0) is 24.7. The highest BCUT2D eigenvalue weighted by molar-refractivity contribution is 6.31. The van der Waals surface area contributed by atoms with Crippen molar-refractivity contribution in [3.05, 3.63) is 64.8 Å². The number of carbonyl (C=O) groups excluding carboxylic acids is 3. The summed E-state index contributed by atoms with van der Waals surface area (Å²) >= 11 is 6.47. The van der Waals surface area contributed by atoms with Crippen molar-refractivity contribution in [1.29, 1.82) is 0 Å². The molecule has 8 heteroatoms. The molecule has 1 aliphatic heterocycles. The lowest BCUT2D eigenvalue weighted by Gasteiger charge is -2.44. The van der Waals surface area contributed by atoms with E-state index in [1.165, 1.54) is 6.92 Å². The summed E-state index contributed by atoms with van der Waals surface area (Å²) in [6.45, 7) is 3.68. The SMILES string of the molecule is CC(=O)Nc1c2n(c3ccccc13)C[C@](C)(C(=O)NC1CCCC1)N(Cc1ccccc1Cl)C2=O. The summed E-state index contributed by atoms with van der Waals surface area (Å²) in [5.74, 6) is -0.753. The monoisotopic (exact) mass is 492 g/mol. The molecule has 2 aliphatic rings. The second-order valence-electron chi connectivity index (χ2n) is 9.72. The van der Waals surface area contributed by atoms with E-state index in [9.17, 15) is 14.4 Å². The highest BCUT2D eigenvalue weighted by Gasteiger charge is 2.49. The average Bonchev–Trinajstić information content (AvgIpc) is 3.44. The summed E-state index contributed by atoms with van der Waals surface area (Å²) in [6, 6.07) is 15.0. The number of nitrogens with one attached hydrogen (secondary N) is 2. The second kappa shape index (κ2) is 9.04. The van der Waals surface area contributed by atoms with Gasteiger partial charge in [-0.2, -0.15) is 0 Å². The van der Waals surface area contributed by atoms with E-state index in [4.69, 9.17) is 11.6 Å². The number of anilines is 1. The van der Waals surface area contributed by atoms with Crippen molar-refractivity contribution in [2.75, 3.05) is 5.32 Å². The quantitative estimate of drug-likeness (QED) is 0.540. The Morgan fingerprint density at radius 2 is 1.77 bits per heavy atom. The molecule has 0 spiro atoms. The number of halogens is 1. The molecule has 1 aromatic heterocycles. The van der Waals surface area contributed by atoms with Gasteiger partial charge in [-0.15, -0.1) is 0 Å². The molecule has 7 nitrogen and oxygen atoms in total. The number of aromatic nitrogens is 1. The predicted octanol–water partition coefficient (Wildman–Crippen LogP) is 4.73. The van der Waals surface area contributed by atoms with Crippen molar-refractivity contribution in [2.45, 2.75) is 64.2 Å². The molecule has 0 saturated heterocycles. The fourth-order valence-corrected chi connectivity index (χ4v) is 5.58. The summed E-state index contributed by atoms with van der Waals surface area (Å²) < 4.78 is 1.88. The van der Waals surface area contributed by atoms with Crippen LogP contribution in [0.1, 0.15) is 55.6 Å². The molecular formula is C27H29ClN4O3. The molecule has 2 heterocycles. The molecule has 182 valence electrons. The molecule has 35 heavy (non-hydrogen) atoms. The lowest BCUT2D eigenvalue weighted by Crippen LogP contribution is -2.64. The molecule has 3 amide bonds. The maximum absolute atomic E-state index is 14.2. The van der Waals surface area contributed by atoms with E-state index in [0.29, 0.717) is 16.4 Å². The van der Waals surface area contributed by atoms with Gasteiger partial charge < -0.3 is 20.1 Å². The number of para-hydroxylation sites is 1. The lowest BCUT2D eigenvalue weighted by atomic mass is 9.93. The van der Waals surface area contributed by atoms with Crippen LogP contribution in [0.25, 0.3) is 10.9 Å². The van der Waals surface area contributed by atoms with E-state index >= 15 is 0 Å². The van der Waals surface area contributed by atoms with Crippen molar-refractivity contribution in [1.82, 2.24) is 14.8 Å². The fraction of sp³-hybridized carbons (Fsp3) is 0.370. The molecule has 1 aliphatic carbocycles. The van der Waals surface area contributed by atoms with E-state index in [2.05, 4.69) is 10.6 Å². The van der Waals surface area contributed by atoms with Gasteiger partial charge >= 0.3 is 0 Å². The van der Waals surface area contributed by atoms with Crippen LogP contribution in [0.4, 0.5) is 5.69 Å². The van der Waals surface area contributed by atoms with Gasteiger partial charge in [0, 0.05) is 29.9 Å². The van der Waals surface area contributed by atoms with Crippen molar-refractivity contribution in [3.8, 4) is 0 Å². The highest BCUT2D eigenvalue weighted by atomic mass is 35.5. The minimum atomic E-state index is -1.15. The van der Waals surface area contributed by atoms with Gasteiger partial charge in [0.05, 0.1) is 17.7 Å². The zero-order valence-corrected chi connectivity index (χ0v) is 20.7. The Morgan fingerprint density at radius 3 is 2.49 bits per heavy atom. The molecule has 1 saturated carbocycles. The number of hydrogen-bond donors (Lipinski definition) is 2. The Bertz CT molecular complexity index is 1330. The van der Waals surface area contributed by atoms with E-state index in [0.717, 1.165) is 42.1 Å². The smallest absolute Gasteiger partial charge is 0.273 e. The summed E-state index contributed by atoms with van der Waals surface area (Å²) in [7, 11) is 0. The molecule has 0 radical (unpaired) electrons. The molecule has 5 rings (SSSR count). The van der Waals surface area contributed by atoms with Crippen LogP contribution in [0.3, 0.4) is 0 Å². The molecular weight excluding hydrogens is 464 g/mol. The van der Waals surface area contributed by atoms with Crippen LogP contribution in [-0.4, -0.2) is 38.8 Å². The number of amides is 3. The Balaban J connectivity index is 1.65. The molecule has 0 unspecified atom stereocenters. The molecule has 1 fully saturated rings. The summed E-state index contributed by atoms with van der Waals surface area (Å²) in [4.78, 5) is 41.7. The Labute approximate surface area is 209 Å². The van der Waals surface area contributed by atoms with Gasteiger partial charge in [-0.1, -0.05) is 60.8 Å². The lowest BCUT2D eigenvalue weighted by molar-refractivity contribution is -0.133. The molecule has 3 aromatic rings. The summed E-state index contributed by atoms with van der Waals surface area (Å²) in [5, 5.41) is 7.37. The van der Waals surface area contributed by atoms with Crippen molar-refractivity contribution < 1.29 is 14.4 Å². The van der Waals surface area contributed by atoms with Gasteiger partial charge in [-0.3, -0.25) is 14.4 Å². The fourth-order valence-electron chi connectivity index (χ4n) is 5.39. The molecule has 0 bridgehead atoms. The third-order valence-corrected chi connectivity index (χ3v) is 7.62. The van der Waals surface area contributed by atoms with Gasteiger partial charge in [0.15, 0.2) is 0 Å². The van der Waals surface area contributed by atoms with Gasteiger partial charge in [0.1, 0.15) is 11.2 Å². The zero-order valence-electron chi connectivity index (χ0n) is 19.9. The van der Waals surface area contributed by atoms with Crippen LogP contribution >= 0.6 is 11.6 Å². The topological polar surface area (TPSA) is 83.4 Å². The molecule has 2 aromatic carbocycles. The number of carbonyl (C=O) groups is 3. The number of nitrogens with zero attached hydrogens (tertiary/aromatic N) is 2. The van der Waals surface area contributed by atoms with E-state index < -0.39 is 5.54 Å². The Hall–Kier alpha value is -3.32. The van der Waals surface area contributed by atoms with Gasteiger partial charge in [0.25, 0.3) is 5.91 Å². The number of hydrogen-bond acceptors (Lipinski definition) is 3. The summed E-state index contributed by atoms with van der Waals surface area (Å²) in [6.07, 6.45) is 4.09. The van der Waals surface area contributed by atoms with Crippen LogP contribution in [0.5, 0.6) is 0 Å². The maximum atomic E-state index is 14.2. The third-order valence-electron chi connectivity index (χ3n) is 7.25. The largest absolute Gasteiger partial charge is 0.351 e.